The van der Waals surface area contributed by atoms with Crippen LogP contribution in [0.15, 0.2) is 48.5 Å². The van der Waals surface area contributed by atoms with Crippen molar-refractivity contribution in [1.29, 1.82) is 0 Å². The summed E-state index contributed by atoms with van der Waals surface area (Å²) in [7, 11) is 0. The number of halogens is 1. The third-order valence-electron chi connectivity index (χ3n) is 3.53. The first kappa shape index (κ1) is 11.9. The van der Waals surface area contributed by atoms with E-state index in [-0.39, 0.29) is 17.6 Å². The van der Waals surface area contributed by atoms with Gasteiger partial charge < -0.3 is 5.32 Å². The molecule has 0 atom stereocenters. The molecule has 2 aromatic rings. The fourth-order valence-corrected chi connectivity index (χ4v) is 2.52. The zero-order chi connectivity index (χ0) is 13.2. The molecule has 0 saturated carbocycles. The topological polar surface area (TPSA) is 29.1 Å². The lowest BCUT2D eigenvalue weighted by atomic mass is 10.1. The van der Waals surface area contributed by atoms with E-state index in [2.05, 4.69) is 17.4 Å². The summed E-state index contributed by atoms with van der Waals surface area (Å²) in [4.78, 5) is 12.2. The van der Waals surface area contributed by atoms with E-state index >= 15 is 0 Å². The molecule has 0 heterocycles. The van der Waals surface area contributed by atoms with Gasteiger partial charge in [-0.3, -0.25) is 4.79 Å². The van der Waals surface area contributed by atoms with Crippen molar-refractivity contribution in [2.45, 2.75) is 12.8 Å². The summed E-state index contributed by atoms with van der Waals surface area (Å²) < 4.78 is 12.8. The number of nitrogens with one attached hydrogen (secondary N) is 1. The summed E-state index contributed by atoms with van der Waals surface area (Å²) >= 11 is 0. The number of rotatable bonds is 2. The van der Waals surface area contributed by atoms with E-state index in [0.717, 1.165) is 12.8 Å². The second kappa shape index (κ2) is 4.84. The molecule has 1 N–H and O–H groups in total. The Kier molecular flexibility index (Phi) is 3.03. The lowest BCUT2D eigenvalue weighted by Gasteiger charge is -2.10. The molecule has 0 saturated heterocycles. The van der Waals surface area contributed by atoms with Gasteiger partial charge in [-0.15, -0.1) is 0 Å². The number of anilines is 1. The number of carbonyl (C=O) groups is 1. The van der Waals surface area contributed by atoms with Gasteiger partial charge in [0.2, 0.25) is 5.91 Å². The Hall–Kier alpha value is -2.16. The summed E-state index contributed by atoms with van der Waals surface area (Å²) in [5.74, 6) is -0.323. The summed E-state index contributed by atoms with van der Waals surface area (Å²) in [6.45, 7) is 0. The van der Waals surface area contributed by atoms with Gasteiger partial charge in [0.25, 0.3) is 0 Å². The first-order valence-corrected chi connectivity index (χ1v) is 6.35. The summed E-state index contributed by atoms with van der Waals surface area (Å²) in [5, 5.41) is 2.84. The molecule has 1 aliphatic carbocycles. The molecule has 19 heavy (non-hydrogen) atoms. The predicted octanol–water partition coefficient (Wildman–Crippen LogP) is 3.18. The predicted molar refractivity (Wildman–Crippen MR) is 72.4 cm³/mol. The molecule has 96 valence electrons. The summed E-state index contributed by atoms with van der Waals surface area (Å²) in [5.41, 5.74) is 3.14. The highest BCUT2D eigenvalue weighted by Gasteiger charge is 2.26. The Morgan fingerprint density at radius 3 is 2.16 bits per heavy atom. The number of carbonyl (C=O) groups excluding carboxylic acids is 1. The van der Waals surface area contributed by atoms with E-state index in [1.807, 2.05) is 12.1 Å². The number of hydrogen-bond acceptors (Lipinski definition) is 1. The minimum atomic E-state index is -0.300. The number of fused-ring (bicyclic) bond motifs is 1. The second-order valence-corrected chi connectivity index (χ2v) is 4.87. The molecule has 0 aliphatic heterocycles. The van der Waals surface area contributed by atoms with Gasteiger partial charge >= 0.3 is 0 Å². The van der Waals surface area contributed by atoms with Crippen molar-refractivity contribution in [3.8, 4) is 0 Å². The highest BCUT2D eigenvalue weighted by atomic mass is 19.1. The number of amides is 1. The van der Waals surface area contributed by atoms with Gasteiger partial charge in [-0.2, -0.15) is 0 Å². The minimum Gasteiger partial charge on any atom is -0.326 e. The first-order chi connectivity index (χ1) is 9.22. The minimum absolute atomic E-state index is 0.00260. The molecule has 3 heteroatoms. The number of hydrogen-bond donors (Lipinski definition) is 1. The molecule has 0 fully saturated rings. The van der Waals surface area contributed by atoms with Crippen molar-refractivity contribution in [1.82, 2.24) is 0 Å². The van der Waals surface area contributed by atoms with Crippen LogP contribution >= 0.6 is 0 Å². The van der Waals surface area contributed by atoms with Crippen molar-refractivity contribution < 1.29 is 9.18 Å². The van der Waals surface area contributed by atoms with Gasteiger partial charge in [0.05, 0.1) is 0 Å². The molecule has 0 unspecified atom stereocenters. The molecule has 1 aliphatic rings. The number of benzene rings is 2. The quantitative estimate of drug-likeness (QED) is 0.877. The maximum atomic E-state index is 12.8. The van der Waals surface area contributed by atoms with Gasteiger partial charge in [0.1, 0.15) is 5.82 Å². The van der Waals surface area contributed by atoms with Crippen LogP contribution in [0.4, 0.5) is 10.1 Å². The SMILES string of the molecule is O=C(Nc1ccc(F)cc1)C1Cc2ccccc2C1. The standard InChI is InChI=1S/C16H14FNO/c17-14-5-7-15(8-6-14)18-16(19)13-9-11-3-1-2-4-12(11)10-13/h1-8,13H,9-10H2,(H,18,19). The molecular formula is C16H14FNO. The van der Waals surface area contributed by atoms with Crippen molar-refractivity contribution in [3.05, 3.63) is 65.5 Å². The Balaban J connectivity index is 1.68. The van der Waals surface area contributed by atoms with Crippen LogP contribution in [0.1, 0.15) is 11.1 Å². The van der Waals surface area contributed by atoms with Gasteiger partial charge in [-0.05, 0) is 48.2 Å². The lowest BCUT2D eigenvalue weighted by molar-refractivity contribution is -0.119. The van der Waals surface area contributed by atoms with Gasteiger partial charge in [-0.25, -0.2) is 4.39 Å². The fourth-order valence-electron chi connectivity index (χ4n) is 2.52. The highest BCUT2D eigenvalue weighted by molar-refractivity contribution is 5.93. The molecule has 1 amide bonds. The van der Waals surface area contributed by atoms with Gasteiger partial charge in [-0.1, -0.05) is 24.3 Å². The van der Waals surface area contributed by atoms with Crippen molar-refractivity contribution >= 4 is 11.6 Å². The van der Waals surface area contributed by atoms with E-state index in [0.29, 0.717) is 5.69 Å². The van der Waals surface area contributed by atoms with Crippen LogP contribution in [-0.4, -0.2) is 5.91 Å². The average molecular weight is 255 g/mol. The summed E-state index contributed by atoms with van der Waals surface area (Å²) in [6.07, 6.45) is 1.56. The highest BCUT2D eigenvalue weighted by Crippen LogP contribution is 2.27. The van der Waals surface area contributed by atoms with Crippen LogP contribution in [0.25, 0.3) is 0 Å². The van der Waals surface area contributed by atoms with Gasteiger partial charge in [0, 0.05) is 11.6 Å². The second-order valence-electron chi connectivity index (χ2n) is 4.87. The third kappa shape index (κ3) is 2.50. The van der Waals surface area contributed by atoms with E-state index in [4.69, 9.17) is 0 Å². The normalized spacial score (nSPS) is 14.2. The van der Waals surface area contributed by atoms with Gasteiger partial charge in [0.15, 0.2) is 0 Å². The maximum absolute atomic E-state index is 12.8. The Labute approximate surface area is 111 Å². The van der Waals surface area contributed by atoms with Crippen LogP contribution in [0, 0.1) is 11.7 Å². The van der Waals surface area contributed by atoms with Crippen molar-refractivity contribution in [3.63, 3.8) is 0 Å². The third-order valence-corrected chi connectivity index (χ3v) is 3.53. The Morgan fingerprint density at radius 1 is 1.00 bits per heavy atom. The Morgan fingerprint density at radius 2 is 1.58 bits per heavy atom. The van der Waals surface area contributed by atoms with E-state index in [9.17, 15) is 9.18 Å². The van der Waals surface area contributed by atoms with Crippen LogP contribution in [0.3, 0.4) is 0 Å². The zero-order valence-corrected chi connectivity index (χ0v) is 10.4. The van der Waals surface area contributed by atoms with Crippen LogP contribution in [0.2, 0.25) is 0 Å². The molecular weight excluding hydrogens is 241 g/mol. The molecule has 0 bridgehead atoms. The molecule has 0 aromatic heterocycles. The fraction of sp³-hybridized carbons (Fsp3) is 0.188. The van der Waals surface area contributed by atoms with Crippen LogP contribution in [-0.2, 0) is 17.6 Å². The maximum Gasteiger partial charge on any atom is 0.228 e. The lowest BCUT2D eigenvalue weighted by Crippen LogP contribution is -2.23. The van der Waals surface area contributed by atoms with E-state index in [1.165, 1.54) is 23.3 Å². The van der Waals surface area contributed by atoms with Crippen molar-refractivity contribution in [2.75, 3.05) is 5.32 Å². The molecule has 0 radical (unpaired) electrons. The molecule has 2 aromatic carbocycles. The van der Waals surface area contributed by atoms with Crippen LogP contribution in [0.5, 0.6) is 0 Å². The monoisotopic (exact) mass is 255 g/mol. The molecule has 0 spiro atoms. The van der Waals surface area contributed by atoms with E-state index < -0.39 is 0 Å². The Bertz CT molecular complexity index is 581. The summed E-state index contributed by atoms with van der Waals surface area (Å²) in [6, 6.07) is 14.0. The molecule has 3 rings (SSSR count). The van der Waals surface area contributed by atoms with Crippen LogP contribution < -0.4 is 5.32 Å². The van der Waals surface area contributed by atoms with E-state index in [1.54, 1.807) is 12.1 Å². The molecule has 2 nitrogen and oxygen atoms in total. The average Bonchev–Trinajstić information content (AvgIpc) is 2.85. The first-order valence-electron chi connectivity index (χ1n) is 6.35. The van der Waals surface area contributed by atoms with Crippen molar-refractivity contribution in [2.24, 2.45) is 5.92 Å². The zero-order valence-electron chi connectivity index (χ0n) is 10.4. The smallest absolute Gasteiger partial charge is 0.228 e. The largest absolute Gasteiger partial charge is 0.326 e.